The van der Waals surface area contributed by atoms with Gasteiger partial charge in [0, 0.05) is 24.1 Å². The molecule has 3 aromatic rings. The summed E-state index contributed by atoms with van der Waals surface area (Å²) >= 11 is 0. The van der Waals surface area contributed by atoms with Crippen molar-refractivity contribution in [3.05, 3.63) is 102 Å². The van der Waals surface area contributed by atoms with Gasteiger partial charge in [-0.15, -0.1) is 0 Å². The Labute approximate surface area is 259 Å². The summed E-state index contributed by atoms with van der Waals surface area (Å²) in [6, 6.07) is 31.1. The average molecular weight is 600 g/mol. The maximum Gasteiger partial charge on any atom is 0.259 e. The lowest BCUT2D eigenvalue weighted by Gasteiger charge is -2.41. The van der Waals surface area contributed by atoms with Crippen LogP contribution in [0.4, 0.5) is 0 Å². The smallest absolute Gasteiger partial charge is 0.259 e. The Balaban J connectivity index is 1.70. The van der Waals surface area contributed by atoms with Crippen LogP contribution in [0.25, 0.3) is 0 Å². The lowest BCUT2D eigenvalue weighted by Crippen LogP contribution is -2.53. The summed E-state index contributed by atoms with van der Waals surface area (Å²) in [7, 11) is 6.70. The van der Waals surface area contributed by atoms with Crippen LogP contribution in [0, 0.1) is 11.3 Å². The molecule has 1 aliphatic rings. The molecule has 0 spiro atoms. The molecule has 4 rings (SSSR count). The fourth-order valence-corrected chi connectivity index (χ4v) is 7.40. The van der Waals surface area contributed by atoms with Crippen molar-refractivity contribution >= 4 is 16.4 Å². The van der Waals surface area contributed by atoms with E-state index in [0.717, 1.165) is 22.4 Å². The minimum Gasteiger partial charge on any atom is -0.497 e. The zero-order chi connectivity index (χ0) is 30.8. The fraction of sp³-hybridized carbons (Fsp3) is 0.441. The van der Waals surface area contributed by atoms with Crippen molar-refractivity contribution in [2.45, 2.75) is 76.3 Å². The lowest BCUT2D eigenvalue weighted by molar-refractivity contribution is 0.0317. The van der Waals surface area contributed by atoms with Gasteiger partial charge in [0.15, 0.2) is 0 Å². The third-order valence-electron chi connectivity index (χ3n) is 7.63. The minimum absolute atomic E-state index is 0.139. The Kier molecular flexibility index (Phi) is 12.2. The van der Waals surface area contributed by atoms with E-state index in [1.54, 1.807) is 7.11 Å². The van der Waals surface area contributed by atoms with Gasteiger partial charge in [-0.2, -0.15) is 5.26 Å². The normalized spacial score (nSPS) is 19.6. The number of rotatable bonds is 15. The molecule has 7 nitrogen and oxygen atoms in total. The third-order valence-corrected chi connectivity index (χ3v) is 9.71. The molecule has 2 radical (unpaired) electrons. The van der Waals surface area contributed by atoms with Gasteiger partial charge in [-0.25, -0.2) is 4.67 Å². The van der Waals surface area contributed by atoms with E-state index in [2.05, 4.69) is 104 Å². The van der Waals surface area contributed by atoms with Gasteiger partial charge in [-0.3, -0.25) is 5.32 Å². The number of hydrogen-bond acceptors (Lipinski definition) is 7. The summed E-state index contributed by atoms with van der Waals surface area (Å²) < 4.78 is 26.7. The van der Waals surface area contributed by atoms with Crippen LogP contribution in [-0.4, -0.2) is 63.1 Å². The van der Waals surface area contributed by atoms with Gasteiger partial charge in [-0.1, -0.05) is 72.8 Å². The van der Waals surface area contributed by atoms with Crippen LogP contribution in [0.2, 0.25) is 0 Å². The molecule has 1 fully saturated rings. The zero-order valence-corrected chi connectivity index (χ0v) is 26.7. The summed E-state index contributed by atoms with van der Waals surface area (Å²) in [5.74, 6) is 0.792. The SMILES string of the molecule is [B]C1CC(NC(c2ccccc2)(c2ccccc2)c2ccc(OC)cc2)C(COP(OCCC#N)N(C(C)C)C(C)C)O1. The van der Waals surface area contributed by atoms with Gasteiger partial charge in [0.25, 0.3) is 8.53 Å². The molecule has 4 unspecified atom stereocenters. The molecule has 0 aromatic heterocycles. The Bertz CT molecular complexity index is 1240. The van der Waals surface area contributed by atoms with Crippen molar-refractivity contribution in [2.75, 3.05) is 20.3 Å². The third kappa shape index (κ3) is 8.05. The second-order valence-corrected chi connectivity index (χ2v) is 12.7. The van der Waals surface area contributed by atoms with E-state index in [9.17, 15) is 0 Å². The number of nitrogens with zero attached hydrogens (tertiary/aromatic N) is 2. The van der Waals surface area contributed by atoms with Gasteiger partial charge in [-0.05, 0) is 62.9 Å². The number of nitrogens with one attached hydrogen (secondary N) is 1. The molecule has 0 saturated carbocycles. The Hall–Kier alpha value is -2.76. The molecule has 1 saturated heterocycles. The first kappa shape index (κ1) is 33.1. The second kappa shape index (κ2) is 15.8. The van der Waals surface area contributed by atoms with Gasteiger partial charge in [0.1, 0.15) is 13.6 Å². The Morgan fingerprint density at radius 2 is 1.49 bits per heavy atom. The topological polar surface area (TPSA) is 76.0 Å². The summed E-state index contributed by atoms with van der Waals surface area (Å²) in [6.07, 6.45) is 0.585. The monoisotopic (exact) mass is 599 g/mol. The van der Waals surface area contributed by atoms with E-state index < -0.39 is 20.1 Å². The molecule has 1 heterocycles. The summed E-state index contributed by atoms with van der Waals surface area (Å²) in [4.78, 5) is 0. The highest BCUT2D eigenvalue weighted by Crippen LogP contribution is 2.47. The van der Waals surface area contributed by atoms with E-state index in [1.165, 1.54) is 0 Å². The van der Waals surface area contributed by atoms with E-state index in [-0.39, 0.29) is 24.2 Å². The Morgan fingerprint density at radius 1 is 0.930 bits per heavy atom. The lowest BCUT2D eigenvalue weighted by atomic mass is 9.76. The number of benzene rings is 3. The van der Waals surface area contributed by atoms with Crippen LogP contribution < -0.4 is 10.1 Å². The molecular formula is C34H43BN3O4P. The highest BCUT2D eigenvalue weighted by atomic mass is 31.2. The quantitative estimate of drug-likeness (QED) is 0.0923. The summed E-state index contributed by atoms with van der Waals surface area (Å²) in [5, 5.41) is 13.1. The summed E-state index contributed by atoms with van der Waals surface area (Å²) in [5.41, 5.74) is 2.55. The van der Waals surface area contributed by atoms with E-state index in [0.29, 0.717) is 26.1 Å². The zero-order valence-electron chi connectivity index (χ0n) is 25.9. The van der Waals surface area contributed by atoms with E-state index in [4.69, 9.17) is 31.6 Å². The highest BCUT2D eigenvalue weighted by molar-refractivity contribution is 7.44. The molecule has 1 N–H and O–H groups in total. The molecule has 0 aliphatic carbocycles. The van der Waals surface area contributed by atoms with Crippen LogP contribution in [0.15, 0.2) is 84.9 Å². The number of methoxy groups -OCH3 is 1. The van der Waals surface area contributed by atoms with Crippen LogP contribution in [0.5, 0.6) is 5.75 Å². The van der Waals surface area contributed by atoms with Crippen LogP contribution in [0.3, 0.4) is 0 Å². The molecule has 226 valence electrons. The molecular weight excluding hydrogens is 556 g/mol. The van der Waals surface area contributed by atoms with Gasteiger partial charge >= 0.3 is 0 Å². The first-order valence-electron chi connectivity index (χ1n) is 15.0. The average Bonchev–Trinajstić information content (AvgIpc) is 3.37. The van der Waals surface area contributed by atoms with Crippen LogP contribution in [0.1, 0.15) is 57.2 Å². The fourth-order valence-electron chi connectivity index (χ4n) is 5.78. The summed E-state index contributed by atoms with van der Waals surface area (Å²) in [6.45, 7) is 9.11. The first-order chi connectivity index (χ1) is 20.8. The highest BCUT2D eigenvalue weighted by Gasteiger charge is 2.43. The number of nitriles is 1. The van der Waals surface area contributed by atoms with Crippen LogP contribution in [-0.2, 0) is 19.3 Å². The predicted molar refractivity (Wildman–Crippen MR) is 173 cm³/mol. The van der Waals surface area contributed by atoms with Crippen molar-refractivity contribution in [3.63, 3.8) is 0 Å². The minimum atomic E-state index is -1.41. The van der Waals surface area contributed by atoms with Gasteiger partial charge < -0.3 is 18.5 Å². The molecule has 43 heavy (non-hydrogen) atoms. The molecule has 9 heteroatoms. The number of ether oxygens (including phenoxy) is 2. The Morgan fingerprint density at radius 3 is 2.00 bits per heavy atom. The predicted octanol–water partition coefficient (Wildman–Crippen LogP) is 6.52. The maximum atomic E-state index is 9.10. The maximum absolute atomic E-state index is 9.10. The second-order valence-electron chi connectivity index (χ2n) is 11.3. The van der Waals surface area contributed by atoms with Crippen molar-refractivity contribution in [1.82, 2.24) is 9.99 Å². The van der Waals surface area contributed by atoms with Crippen LogP contribution >= 0.6 is 8.53 Å². The molecule has 3 aromatic carbocycles. The van der Waals surface area contributed by atoms with Gasteiger partial charge in [0.05, 0.1) is 44.5 Å². The first-order valence-corrected chi connectivity index (χ1v) is 16.1. The molecule has 0 bridgehead atoms. The number of hydrogen-bond donors (Lipinski definition) is 1. The largest absolute Gasteiger partial charge is 0.497 e. The molecule has 1 aliphatic heterocycles. The van der Waals surface area contributed by atoms with Gasteiger partial charge in [0.2, 0.25) is 0 Å². The van der Waals surface area contributed by atoms with Crippen molar-refractivity contribution in [1.29, 1.82) is 5.26 Å². The molecule has 4 atom stereocenters. The van der Waals surface area contributed by atoms with E-state index in [1.807, 2.05) is 24.3 Å². The van der Waals surface area contributed by atoms with Crippen molar-refractivity contribution < 1.29 is 18.5 Å². The molecule has 0 amide bonds. The van der Waals surface area contributed by atoms with Crippen molar-refractivity contribution in [3.8, 4) is 11.8 Å². The van der Waals surface area contributed by atoms with E-state index >= 15 is 0 Å². The van der Waals surface area contributed by atoms with Crippen molar-refractivity contribution in [2.24, 2.45) is 0 Å². The standard InChI is InChI=1S/C34H43BN3O4P/c1-25(2)38(26(3)4)43(40-22-12-21-36)41-24-32-31(23-33(35)42-32)37-34(27-13-8-6-9-14-27,28-15-10-7-11-16-28)29-17-19-30(39-5)20-18-29/h6-11,13-20,25-26,31-33,37H,12,22-24H2,1-5H3.